The van der Waals surface area contributed by atoms with Crippen LogP contribution in [0.15, 0.2) is 24.3 Å². The molecule has 0 saturated carbocycles. The third-order valence-electron chi connectivity index (χ3n) is 2.06. The second-order valence-corrected chi connectivity index (χ2v) is 3.22. The van der Waals surface area contributed by atoms with Crippen LogP contribution in [-0.4, -0.2) is 28.9 Å². The quantitative estimate of drug-likeness (QED) is 0.453. The van der Waals surface area contributed by atoms with Crippen LogP contribution in [0.2, 0.25) is 0 Å². The van der Waals surface area contributed by atoms with Crippen molar-refractivity contribution in [2.24, 2.45) is 0 Å². The van der Waals surface area contributed by atoms with Crippen molar-refractivity contribution in [2.75, 3.05) is 18.4 Å². The molecule has 1 N–H and O–H groups in total. The van der Waals surface area contributed by atoms with E-state index in [-0.39, 0.29) is 11.7 Å². The third-order valence-corrected chi connectivity index (χ3v) is 2.06. The number of carbonyl (C=O) groups is 1. The molecule has 1 fully saturated rings. The number of carbonyl (C=O) groups excluding carboxylic acids is 1. The summed E-state index contributed by atoms with van der Waals surface area (Å²) >= 11 is 0. The van der Waals surface area contributed by atoms with Gasteiger partial charge in [-0.1, -0.05) is 0 Å². The highest BCUT2D eigenvalue weighted by Gasteiger charge is 2.23. The minimum atomic E-state index is -0.476. The number of nitro groups is 1. The Balaban J connectivity index is 2.03. The Morgan fingerprint density at radius 2 is 1.93 bits per heavy atom. The van der Waals surface area contributed by atoms with Gasteiger partial charge in [-0.05, 0) is 12.1 Å². The summed E-state index contributed by atoms with van der Waals surface area (Å²) < 4.78 is 0. The summed E-state index contributed by atoms with van der Waals surface area (Å²) in [6, 6.07) is 5.58. The first-order chi connectivity index (χ1) is 7.16. The van der Waals surface area contributed by atoms with Gasteiger partial charge in [0.25, 0.3) is 5.69 Å². The molecule has 1 aromatic rings. The first-order valence-corrected chi connectivity index (χ1v) is 4.47. The topological polar surface area (TPSA) is 75.2 Å². The first kappa shape index (κ1) is 9.45. The predicted molar refractivity (Wildman–Crippen MR) is 53.7 cm³/mol. The number of benzene rings is 1. The van der Waals surface area contributed by atoms with Gasteiger partial charge in [0.1, 0.15) is 0 Å². The van der Waals surface area contributed by atoms with E-state index in [4.69, 9.17) is 0 Å². The largest absolute Gasteiger partial charge is 0.321 e. The van der Waals surface area contributed by atoms with E-state index < -0.39 is 4.92 Å². The van der Waals surface area contributed by atoms with Crippen molar-refractivity contribution < 1.29 is 9.72 Å². The molecule has 1 aromatic carbocycles. The van der Waals surface area contributed by atoms with E-state index in [0.717, 1.165) is 13.1 Å². The van der Waals surface area contributed by atoms with Gasteiger partial charge in [0, 0.05) is 30.9 Å². The molecule has 2 amide bonds. The second kappa shape index (κ2) is 3.56. The zero-order valence-electron chi connectivity index (χ0n) is 7.84. The van der Waals surface area contributed by atoms with E-state index >= 15 is 0 Å². The molecule has 15 heavy (non-hydrogen) atoms. The predicted octanol–water partition coefficient (Wildman–Crippen LogP) is 1.44. The highest BCUT2D eigenvalue weighted by atomic mass is 16.6. The Hall–Kier alpha value is -2.11. The number of amides is 2. The lowest BCUT2D eigenvalue weighted by Gasteiger charge is -2.04. The second-order valence-electron chi connectivity index (χ2n) is 3.22. The maximum atomic E-state index is 11.3. The zero-order valence-corrected chi connectivity index (χ0v) is 7.84. The lowest BCUT2D eigenvalue weighted by Crippen LogP contribution is -2.18. The smallest absolute Gasteiger partial charge is 0.321 e. The Morgan fingerprint density at radius 3 is 2.40 bits per heavy atom. The maximum Gasteiger partial charge on any atom is 0.321 e. The van der Waals surface area contributed by atoms with Crippen molar-refractivity contribution >= 4 is 17.4 Å². The highest BCUT2D eigenvalue weighted by molar-refractivity contribution is 5.90. The van der Waals surface area contributed by atoms with Crippen molar-refractivity contribution in [1.29, 1.82) is 0 Å². The number of rotatable bonds is 2. The number of nitrogens with one attached hydrogen (secondary N) is 1. The number of hydrogen-bond acceptors (Lipinski definition) is 3. The number of nitrogens with zero attached hydrogens (tertiary/aromatic N) is 2. The number of non-ortho nitro benzene ring substituents is 1. The van der Waals surface area contributed by atoms with Crippen LogP contribution in [0.4, 0.5) is 16.2 Å². The van der Waals surface area contributed by atoms with Gasteiger partial charge in [0.2, 0.25) is 0 Å². The minimum Gasteiger partial charge on any atom is -0.321 e. The summed E-state index contributed by atoms with van der Waals surface area (Å²) in [6.45, 7) is 1.55. The van der Waals surface area contributed by atoms with Gasteiger partial charge in [-0.25, -0.2) is 4.79 Å². The molecule has 1 aliphatic rings. The SMILES string of the molecule is O=C(Nc1ccc([N+](=O)[O-])cc1)N1CC1. The minimum absolute atomic E-state index is 0.0136. The molecular weight excluding hydrogens is 198 g/mol. The van der Waals surface area contributed by atoms with Crippen molar-refractivity contribution in [2.45, 2.75) is 0 Å². The molecule has 0 radical (unpaired) electrons. The van der Waals surface area contributed by atoms with Gasteiger partial charge in [-0.3, -0.25) is 10.1 Å². The van der Waals surface area contributed by atoms with Crippen LogP contribution in [0.25, 0.3) is 0 Å². The van der Waals surface area contributed by atoms with E-state index in [2.05, 4.69) is 5.32 Å². The van der Waals surface area contributed by atoms with Crippen LogP contribution in [0.1, 0.15) is 0 Å². The van der Waals surface area contributed by atoms with Crippen LogP contribution < -0.4 is 5.32 Å². The Kier molecular flexibility index (Phi) is 2.24. The zero-order chi connectivity index (χ0) is 10.8. The molecule has 1 heterocycles. The molecule has 1 saturated heterocycles. The molecule has 0 aliphatic carbocycles. The molecule has 0 unspecified atom stereocenters. The number of nitro benzene ring substituents is 1. The van der Waals surface area contributed by atoms with E-state index in [0.29, 0.717) is 5.69 Å². The standard InChI is InChI=1S/C9H9N3O3/c13-9(11-5-6-11)10-7-1-3-8(4-2-7)12(14)15/h1-4H,5-6H2,(H,10,13). The molecule has 0 aromatic heterocycles. The van der Waals surface area contributed by atoms with Crippen molar-refractivity contribution in [1.82, 2.24) is 4.90 Å². The van der Waals surface area contributed by atoms with Gasteiger partial charge >= 0.3 is 6.03 Å². The van der Waals surface area contributed by atoms with E-state index in [1.165, 1.54) is 24.3 Å². The average molecular weight is 207 g/mol. The molecular formula is C9H9N3O3. The number of hydrogen-bond donors (Lipinski definition) is 1. The van der Waals surface area contributed by atoms with Crippen LogP contribution in [-0.2, 0) is 0 Å². The van der Waals surface area contributed by atoms with Crippen molar-refractivity contribution in [3.05, 3.63) is 34.4 Å². The van der Waals surface area contributed by atoms with E-state index in [9.17, 15) is 14.9 Å². The Bertz CT molecular complexity index is 398. The van der Waals surface area contributed by atoms with Crippen LogP contribution in [0.5, 0.6) is 0 Å². The van der Waals surface area contributed by atoms with Crippen LogP contribution in [0, 0.1) is 10.1 Å². The van der Waals surface area contributed by atoms with Crippen LogP contribution >= 0.6 is 0 Å². The van der Waals surface area contributed by atoms with Gasteiger partial charge < -0.3 is 10.2 Å². The lowest BCUT2D eigenvalue weighted by atomic mass is 10.3. The Labute approximate surface area is 85.6 Å². The fourth-order valence-electron chi connectivity index (χ4n) is 1.12. The van der Waals surface area contributed by atoms with E-state index in [1.54, 1.807) is 4.90 Å². The van der Waals surface area contributed by atoms with Crippen LogP contribution in [0.3, 0.4) is 0 Å². The molecule has 6 nitrogen and oxygen atoms in total. The fourth-order valence-corrected chi connectivity index (χ4v) is 1.12. The molecule has 78 valence electrons. The van der Waals surface area contributed by atoms with Crippen molar-refractivity contribution in [3.8, 4) is 0 Å². The molecule has 0 spiro atoms. The third kappa shape index (κ3) is 2.22. The van der Waals surface area contributed by atoms with Gasteiger partial charge in [0.05, 0.1) is 4.92 Å². The van der Waals surface area contributed by atoms with Gasteiger partial charge in [0.15, 0.2) is 0 Å². The average Bonchev–Trinajstić information content (AvgIpc) is 3.01. The van der Waals surface area contributed by atoms with Gasteiger partial charge in [-0.15, -0.1) is 0 Å². The summed E-state index contributed by atoms with van der Waals surface area (Å²) in [7, 11) is 0. The fraction of sp³-hybridized carbons (Fsp3) is 0.222. The van der Waals surface area contributed by atoms with Gasteiger partial charge in [-0.2, -0.15) is 0 Å². The summed E-state index contributed by atoms with van der Waals surface area (Å²) in [6.07, 6.45) is 0. The number of anilines is 1. The normalized spacial score (nSPS) is 13.5. The maximum absolute atomic E-state index is 11.3. The molecule has 0 atom stereocenters. The monoisotopic (exact) mass is 207 g/mol. The summed E-state index contributed by atoms with van der Waals surface area (Å²) in [5.74, 6) is 0. The molecule has 6 heteroatoms. The van der Waals surface area contributed by atoms with Crippen molar-refractivity contribution in [3.63, 3.8) is 0 Å². The lowest BCUT2D eigenvalue weighted by molar-refractivity contribution is -0.384. The highest BCUT2D eigenvalue weighted by Crippen LogP contribution is 2.16. The molecule has 2 rings (SSSR count). The number of urea groups is 1. The summed E-state index contributed by atoms with van der Waals surface area (Å²) in [5, 5.41) is 13.0. The van der Waals surface area contributed by atoms with E-state index in [1.807, 2.05) is 0 Å². The summed E-state index contributed by atoms with van der Waals surface area (Å²) in [5.41, 5.74) is 0.581. The Morgan fingerprint density at radius 1 is 1.33 bits per heavy atom. The molecule has 1 aliphatic heterocycles. The summed E-state index contributed by atoms with van der Waals surface area (Å²) in [4.78, 5) is 22.8. The first-order valence-electron chi connectivity index (χ1n) is 4.47. The molecule has 0 bridgehead atoms.